The maximum absolute atomic E-state index is 13.9. The standard InChI is InChI=1S/C26H28F6N2/c1-34(17-14-19-8-3-2-4-9-19)16-7-15-24(18-33,20-10-5-11-20)23-21(25(27,28)29)12-6-13-22(23)26(30,31)32/h2-4,6,8-9,12-13,20H,5,7,10-11,14-17H2,1H3. The summed E-state index contributed by atoms with van der Waals surface area (Å²) in [5.74, 6) is -0.531. The summed E-state index contributed by atoms with van der Waals surface area (Å²) in [6, 6.07) is 13.9. The Labute approximate surface area is 196 Å². The molecular weight excluding hydrogens is 454 g/mol. The Hall–Kier alpha value is -2.53. The summed E-state index contributed by atoms with van der Waals surface area (Å²) in [4.78, 5) is 2.00. The molecule has 0 bridgehead atoms. The normalized spacial score (nSPS) is 16.7. The minimum absolute atomic E-state index is 0.0555. The van der Waals surface area contributed by atoms with Crippen LogP contribution in [0.1, 0.15) is 54.4 Å². The summed E-state index contributed by atoms with van der Waals surface area (Å²) in [6.07, 6.45) is -7.36. The van der Waals surface area contributed by atoms with Gasteiger partial charge < -0.3 is 4.90 Å². The van der Waals surface area contributed by atoms with Crippen LogP contribution in [0.15, 0.2) is 48.5 Å². The van der Waals surface area contributed by atoms with Gasteiger partial charge in [-0.1, -0.05) is 42.8 Å². The molecule has 2 aromatic rings. The second-order valence-electron chi connectivity index (χ2n) is 9.08. The summed E-state index contributed by atoms with van der Waals surface area (Å²) in [7, 11) is 1.87. The van der Waals surface area contributed by atoms with Crippen LogP contribution >= 0.6 is 0 Å². The molecule has 0 spiro atoms. The minimum atomic E-state index is -4.99. The molecule has 0 radical (unpaired) electrons. The van der Waals surface area contributed by atoms with E-state index in [4.69, 9.17) is 0 Å². The van der Waals surface area contributed by atoms with Gasteiger partial charge in [-0.2, -0.15) is 31.6 Å². The van der Waals surface area contributed by atoms with E-state index in [1.165, 1.54) is 0 Å². The van der Waals surface area contributed by atoms with Crippen molar-refractivity contribution >= 4 is 0 Å². The van der Waals surface area contributed by atoms with Gasteiger partial charge in [0.15, 0.2) is 0 Å². The minimum Gasteiger partial charge on any atom is -0.306 e. The second kappa shape index (κ2) is 10.4. The molecule has 34 heavy (non-hydrogen) atoms. The Morgan fingerprint density at radius 3 is 1.94 bits per heavy atom. The van der Waals surface area contributed by atoms with Crippen LogP contribution in [0, 0.1) is 17.2 Å². The summed E-state index contributed by atoms with van der Waals surface area (Å²) in [5, 5.41) is 10.2. The molecule has 0 saturated heterocycles. The van der Waals surface area contributed by atoms with Gasteiger partial charge in [0.1, 0.15) is 0 Å². The number of nitriles is 1. The van der Waals surface area contributed by atoms with Crippen LogP contribution in [0.3, 0.4) is 0 Å². The fraction of sp³-hybridized carbons (Fsp3) is 0.500. The molecule has 1 aliphatic rings. The van der Waals surface area contributed by atoms with Crippen molar-refractivity contribution in [2.75, 3.05) is 20.1 Å². The summed E-state index contributed by atoms with van der Waals surface area (Å²) in [5.41, 5.74) is -4.30. The zero-order valence-corrected chi connectivity index (χ0v) is 19.0. The highest BCUT2D eigenvalue weighted by molar-refractivity contribution is 5.49. The number of hydrogen-bond donors (Lipinski definition) is 0. The van der Waals surface area contributed by atoms with Crippen LogP contribution < -0.4 is 0 Å². The van der Waals surface area contributed by atoms with E-state index in [0.29, 0.717) is 50.9 Å². The Bertz CT molecular complexity index is 957. The largest absolute Gasteiger partial charge is 0.416 e. The van der Waals surface area contributed by atoms with Gasteiger partial charge in [0, 0.05) is 6.54 Å². The highest BCUT2D eigenvalue weighted by atomic mass is 19.4. The van der Waals surface area contributed by atoms with Crippen molar-refractivity contribution in [2.24, 2.45) is 5.92 Å². The SMILES string of the molecule is CN(CCCC(C#N)(c1c(C(F)(F)F)cccc1C(F)(F)F)C1CCC1)CCc1ccccc1. The fourth-order valence-electron chi connectivity index (χ4n) is 4.85. The third kappa shape index (κ3) is 5.75. The molecule has 0 N–H and O–H groups in total. The van der Waals surface area contributed by atoms with Gasteiger partial charge in [-0.05, 0) is 74.9 Å². The molecule has 2 aromatic carbocycles. The Kier molecular flexibility index (Phi) is 7.97. The van der Waals surface area contributed by atoms with Crippen molar-refractivity contribution in [1.82, 2.24) is 4.90 Å². The van der Waals surface area contributed by atoms with E-state index in [1.807, 2.05) is 48.3 Å². The van der Waals surface area contributed by atoms with Gasteiger partial charge in [0.25, 0.3) is 0 Å². The molecule has 1 fully saturated rings. The Balaban J connectivity index is 1.88. The first-order valence-corrected chi connectivity index (χ1v) is 11.4. The molecule has 1 atom stereocenters. The molecule has 184 valence electrons. The van der Waals surface area contributed by atoms with E-state index >= 15 is 0 Å². The van der Waals surface area contributed by atoms with E-state index in [0.717, 1.165) is 18.1 Å². The Morgan fingerprint density at radius 2 is 1.47 bits per heavy atom. The van der Waals surface area contributed by atoms with Crippen molar-refractivity contribution in [2.45, 2.75) is 56.3 Å². The van der Waals surface area contributed by atoms with Crippen molar-refractivity contribution < 1.29 is 26.3 Å². The first kappa shape index (κ1) is 26.1. The number of rotatable bonds is 9. The summed E-state index contributed by atoms with van der Waals surface area (Å²) >= 11 is 0. The zero-order chi connectivity index (χ0) is 25.0. The predicted octanol–water partition coefficient (Wildman–Crippen LogP) is 7.24. The van der Waals surface area contributed by atoms with Crippen molar-refractivity contribution in [3.63, 3.8) is 0 Å². The van der Waals surface area contributed by atoms with Crippen LogP contribution in [0.2, 0.25) is 0 Å². The molecule has 0 aliphatic heterocycles. The van der Waals surface area contributed by atoms with Gasteiger partial charge in [-0.15, -0.1) is 0 Å². The van der Waals surface area contributed by atoms with Crippen LogP contribution in [-0.4, -0.2) is 25.0 Å². The molecule has 1 aliphatic carbocycles. The van der Waals surface area contributed by atoms with Gasteiger partial charge in [0.05, 0.1) is 22.6 Å². The maximum Gasteiger partial charge on any atom is 0.416 e. The van der Waals surface area contributed by atoms with E-state index in [-0.39, 0.29) is 6.42 Å². The molecule has 3 rings (SSSR count). The fourth-order valence-corrected chi connectivity index (χ4v) is 4.85. The van der Waals surface area contributed by atoms with E-state index in [1.54, 1.807) is 0 Å². The van der Waals surface area contributed by atoms with Gasteiger partial charge in [-0.25, -0.2) is 0 Å². The number of halogens is 6. The Morgan fingerprint density at radius 1 is 0.882 bits per heavy atom. The molecule has 0 aromatic heterocycles. The first-order chi connectivity index (χ1) is 16.0. The number of benzene rings is 2. The third-order valence-corrected chi connectivity index (χ3v) is 6.86. The maximum atomic E-state index is 13.9. The van der Waals surface area contributed by atoms with Gasteiger partial charge >= 0.3 is 12.4 Å². The summed E-state index contributed by atoms with van der Waals surface area (Å²) < 4.78 is 83.4. The van der Waals surface area contributed by atoms with Gasteiger partial charge in [-0.3, -0.25) is 0 Å². The second-order valence-corrected chi connectivity index (χ2v) is 9.08. The van der Waals surface area contributed by atoms with E-state index in [2.05, 4.69) is 0 Å². The van der Waals surface area contributed by atoms with Crippen LogP contribution in [0.4, 0.5) is 26.3 Å². The topological polar surface area (TPSA) is 27.0 Å². The van der Waals surface area contributed by atoms with E-state index in [9.17, 15) is 31.6 Å². The van der Waals surface area contributed by atoms with Crippen molar-refractivity contribution in [1.29, 1.82) is 5.26 Å². The zero-order valence-electron chi connectivity index (χ0n) is 19.0. The third-order valence-electron chi connectivity index (χ3n) is 6.86. The van der Waals surface area contributed by atoms with Gasteiger partial charge in [0.2, 0.25) is 0 Å². The highest BCUT2D eigenvalue weighted by Gasteiger charge is 2.52. The lowest BCUT2D eigenvalue weighted by atomic mass is 9.59. The highest BCUT2D eigenvalue weighted by Crippen LogP contribution is 2.53. The van der Waals surface area contributed by atoms with E-state index < -0.39 is 40.4 Å². The number of hydrogen-bond acceptors (Lipinski definition) is 2. The molecule has 8 heteroatoms. The monoisotopic (exact) mass is 482 g/mol. The smallest absolute Gasteiger partial charge is 0.306 e. The van der Waals surface area contributed by atoms with Crippen LogP contribution in [0.5, 0.6) is 0 Å². The number of alkyl halides is 6. The predicted molar refractivity (Wildman–Crippen MR) is 118 cm³/mol. The first-order valence-electron chi connectivity index (χ1n) is 11.4. The van der Waals surface area contributed by atoms with Crippen molar-refractivity contribution in [3.05, 3.63) is 70.8 Å². The molecule has 0 amide bonds. The van der Waals surface area contributed by atoms with Crippen LogP contribution in [-0.2, 0) is 24.2 Å². The van der Waals surface area contributed by atoms with Crippen molar-refractivity contribution in [3.8, 4) is 6.07 Å². The molecular formula is C26H28F6N2. The van der Waals surface area contributed by atoms with Crippen LogP contribution in [0.25, 0.3) is 0 Å². The lowest BCUT2D eigenvalue weighted by molar-refractivity contribution is -0.145. The quantitative estimate of drug-likeness (QED) is 0.352. The molecule has 1 saturated carbocycles. The average Bonchev–Trinajstić information content (AvgIpc) is 2.74. The average molecular weight is 483 g/mol. The molecule has 2 nitrogen and oxygen atoms in total. The lowest BCUT2D eigenvalue weighted by Gasteiger charge is -2.43. The number of nitrogens with zero attached hydrogens (tertiary/aromatic N) is 2. The molecule has 1 unspecified atom stereocenters. The number of likely N-dealkylation sites (N-methyl/N-ethyl adjacent to an activating group) is 1. The lowest BCUT2D eigenvalue weighted by Crippen LogP contribution is -2.42. The summed E-state index contributed by atoms with van der Waals surface area (Å²) in [6.45, 7) is 1.17. The molecule has 0 heterocycles.